The Bertz CT molecular complexity index is 562. The van der Waals surface area contributed by atoms with Crippen molar-refractivity contribution in [3.05, 3.63) is 28.2 Å². The second kappa shape index (κ2) is 7.78. The molecular formula is C14H16Cl2N2O4. The minimum Gasteiger partial charge on any atom is -0.480 e. The van der Waals surface area contributed by atoms with Gasteiger partial charge in [0.15, 0.2) is 0 Å². The van der Waals surface area contributed by atoms with Gasteiger partial charge in [0.25, 0.3) is 0 Å². The monoisotopic (exact) mass is 346 g/mol. The summed E-state index contributed by atoms with van der Waals surface area (Å²) in [5, 5.41) is 12.7. The van der Waals surface area contributed by atoms with Crippen molar-refractivity contribution in [1.29, 1.82) is 0 Å². The maximum absolute atomic E-state index is 12.1. The van der Waals surface area contributed by atoms with E-state index in [1.54, 1.807) is 17.0 Å². The molecule has 120 valence electrons. The van der Waals surface area contributed by atoms with E-state index in [1.165, 1.54) is 6.07 Å². The second-order valence-corrected chi connectivity index (χ2v) is 5.70. The molecule has 0 radical (unpaired) electrons. The van der Waals surface area contributed by atoms with E-state index in [1.807, 2.05) is 0 Å². The fourth-order valence-corrected chi connectivity index (χ4v) is 2.52. The Morgan fingerprint density at radius 3 is 2.55 bits per heavy atom. The van der Waals surface area contributed by atoms with Crippen LogP contribution >= 0.6 is 23.2 Å². The number of benzene rings is 1. The number of halogens is 2. The van der Waals surface area contributed by atoms with E-state index in [0.29, 0.717) is 42.0 Å². The van der Waals surface area contributed by atoms with E-state index in [0.717, 1.165) is 0 Å². The number of morpholine rings is 1. The molecule has 1 aromatic rings. The van der Waals surface area contributed by atoms with Gasteiger partial charge < -0.3 is 15.2 Å². The molecule has 1 unspecified atom stereocenters. The zero-order chi connectivity index (χ0) is 16.1. The molecule has 1 fully saturated rings. The number of ether oxygens (including phenoxy) is 1. The zero-order valence-corrected chi connectivity index (χ0v) is 13.2. The molecule has 0 bridgehead atoms. The quantitative estimate of drug-likeness (QED) is 0.853. The van der Waals surface area contributed by atoms with Gasteiger partial charge in [-0.05, 0) is 18.2 Å². The van der Waals surface area contributed by atoms with Crippen LogP contribution in [0.4, 0.5) is 5.69 Å². The molecule has 0 spiro atoms. The molecule has 1 atom stereocenters. The number of amides is 1. The summed E-state index contributed by atoms with van der Waals surface area (Å²) in [6.07, 6.45) is -0.143. The third-order valence-electron chi connectivity index (χ3n) is 3.35. The highest BCUT2D eigenvalue weighted by Gasteiger charge is 2.29. The largest absolute Gasteiger partial charge is 0.480 e. The Morgan fingerprint density at radius 1 is 1.27 bits per heavy atom. The lowest BCUT2D eigenvalue weighted by Crippen LogP contribution is -2.48. The van der Waals surface area contributed by atoms with E-state index in [9.17, 15) is 14.7 Å². The van der Waals surface area contributed by atoms with Gasteiger partial charge in [-0.3, -0.25) is 14.5 Å². The highest BCUT2D eigenvalue weighted by Crippen LogP contribution is 2.25. The van der Waals surface area contributed by atoms with Gasteiger partial charge in [-0.15, -0.1) is 0 Å². The summed E-state index contributed by atoms with van der Waals surface area (Å²) in [7, 11) is 0. The van der Waals surface area contributed by atoms with Crippen LogP contribution in [0.2, 0.25) is 10.0 Å². The third-order valence-corrected chi connectivity index (χ3v) is 4.09. The Kier molecular flexibility index (Phi) is 6.02. The van der Waals surface area contributed by atoms with E-state index in [-0.39, 0.29) is 6.42 Å². The molecule has 8 heteroatoms. The molecule has 1 aliphatic heterocycles. The summed E-state index contributed by atoms with van der Waals surface area (Å²) in [4.78, 5) is 25.2. The Labute approximate surface area is 137 Å². The summed E-state index contributed by atoms with van der Waals surface area (Å²) >= 11 is 11.7. The van der Waals surface area contributed by atoms with Crippen LogP contribution in [0.25, 0.3) is 0 Å². The number of carboxylic acids is 1. The number of nitrogens with zero attached hydrogens (tertiary/aromatic N) is 1. The number of carbonyl (C=O) groups excluding carboxylic acids is 1. The average Bonchev–Trinajstić information content (AvgIpc) is 2.49. The van der Waals surface area contributed by atoms with Crippen molar-refractivity contribution in [2.45, 2.75) is 12.5 Å². The van der Waals surface area contributed by atoms with Crippen molar-refractivity contribution in [1.82, 2.24) is 4.90 Å². The number of hydrogen-bond acceptors (Lipinski definition) is 4. The van der Waals surface area contributed by atoms with Crippen molar-refractivity contribution in [2.75, 3.05) is 31.6 Å². The van der Waals surface area contributed by atoms with Crippen LogP contribution in [0.15, 0.2) is 18.2 Å². The number of anilines is 1. The molecule has 2 N–H and O–H groups in total. The molecule has 1 aliphatic rings. The maximum atomic E-state index is 12.1. The fraction of sp³-hybridized carbons (Fsp3) is 0.429. The number of rotatable bonds is 5. The van der Waals surface area contributed by atoms with Gasteiger partial charge >= 0.3 is 5.97 Å². The molecule has 0 aromatic heterocycles. The molecule has 1 amide bonds. The topological polar surface area (TPSA) is 78.9 Å². The van der Waals surface area contributed by atoms with E-state index in [4.69, 9.17) is 27.9 Å². The lowest BCUT2D eigenvalue weighted by atomic mass is 10.1. The minimum atomic E-state index is -1.02. The van der Waals surface area contributed by atoms with Crippen LogP contribution in [0, 0.1) is 0 Å². The summed E-state index contributed by atoms with van der Waals surface area (Å²) < 4.78 is 5.19. The van der Waals surface area contributed by atoms with Crippen molar-refractivity contribution in [3.8, 4) is 0 Å². The summed E-state index contributed by atoms with van der Waals surface area (Å²) in [5.74, 6) is -1.41. The lowest BCUT2D eigenvalue weighted by Gasteiger charge is -2.31. The Balaban J connectivity index is 1.98. The van der Waals surface area contributed by atoms with Crippen LogP contribution in [0.5, 0.6) is 0 Å². The molecular weight excluding hydrogens is 331 g/mol. The average molecular weight is 347 g/mol. The molecule has 22 heavy (non-hydrogen) atoms. The Hall–Kier alpha value is -1.34. The van der Waals surface area contributed by atoms with Crippen molar-refractivity contribution in [2.24, 2.45) is 0 Å². The van der Waals surface area contributed by atoms with E-state index >= 15 is 0 Å². The van der Waals surface area contributed by atoms with Crippen molar-refractivity contribution < 1.29 is 19.4 Å². The maximum Gasteiger partial charge on any atom is 0.321 e. The molecule has 1 saturated heterocycles. The molecule has 1 heterocycles. The number of nitrogens with one attached hydrogen (secondary N) is 1. The lowest BCUT2D eigenvalue weighted by molar-refractivity contribution is -0.147. The van der Waals surface area contributed by atoms with Gasteiger partial charge in [0.05, 0.1) is 29.7 Å². The van der Waals surface area contributed by atoms with E-state index < -0.39 is 17.9 Å². The highest BCUT2D eigenvalue weighted by molar-refractivity contribution is 6.42. The highest BCUT2D eigenvalue weighted by atomic mass is 35.5. The van der Waals surface area contributed by atoms with Crippen LogP contribution in [0.1, 0.15) is 6.42 Å². The smallest absolute Gasteiger partial charge is 0.321 e. The molecule has 0 saturated carbocycles. The summed E-state index contributed by atoms with van der Waals surface area (Å²) in [6.45, 7) is 1.93. The van der Waals surface area contributed by atoms with Crippen molar-refractivity contribution >= 4 is 40.8 Å². The van der Waals surface area contributed by atoms with Gasteiger partial charge in [-0.1, -0.05) is 23.2 Å². The van der Waals surface area contributed by atoms with Crippen LogP contribution < -0.4 is 5.32 Å². The van der Waals surface area contributed by atoms with Crippen LogP contribution in [-0.4, -0.2) is 54.2 Å². The minimum absolute atomic E-state index is 0.143. The standard InChI is InChI=1S/C14H16Cl2N2O4/c15-10-2-1-9(7-11(10)16)17-13(19)8-12(14(20)21)18-3-5-22-6-4-18/h1-2,7,12H,3-6,8H2,(H,17,19)(H,20,21). The number of hydrogen-bond donors (Lipinski definition) is 2. The molecule has 0 aliphatic carbocycles. The SMILES string of the molecule is O=C(CC(C(=O)O)N1CCOCC1)Nc1ccc(Cl)c(Cl)c1. The fourth-order valence-electron chi connectivity index (χ4n) is 2.22. The predicted molar refractivity (Wildman–Crippen MR) is 83.5 cm³/mol. The van der Waals surface area contributed by atoms with E-state index in [2.05, 4.69) is 5.32 Å². The van der Waals surface area contributed by atoms with Crippen LogP contribution in [0.3, 0.4) is 0 Å². The summed E-state index contributed by atoms with van der Waals surface area (Å²) in [6, 6.07) is 3.82. The normalized spacial score (nSPS) is 17.0. The van der Waals surface area contributed by atoms with Crippen LogP contribution in [-0.2, 0) is 14.3 Å². The number of carboxylic acid groups (broad SMARTS) is 1. The van der Waals surface area contributed by atoms with Crippen molar-refractivity contribution in [3.63, 3.8) is 0 Å². The zero-order valence-electron chi connectivity index (χ0n) is 11.7. The first kappa shape index (κ1) is 17.0. The number of carbonyl (C=O) groups is 2. The van der Waals surface area contributed by atoms with Gasteiger partial charge in [-0.2, -0.15) is 0 Å². The third kappa shape index (κ3) is 4.58. The summed E-state index contributed by atoms with van der Waals surface area (Å²) in [5.41, 5.74) is 0.477. The van der Waals surface area contributed by atoms with Gasteiger partial charge in [0.1, 0.15) is 6.04 Å². The first-order valence-corrected chi connectivity index (χ1v) is 7.52. The van der Waals surface area contributed by atoms with Gasteiger partial charge in [0.2, 0.25) is 5.91 Å². The number of aliphatic carboxylic acids is 1. The first-order valence-electron chi connectivity index (χ1n) is 6.77. The second-order valence-electron chi connectivity index (χ2n) is 4.88. The Morgan fingerprint density at radius 2 is 1.95 bits per heavy atom. The molecule has 1 aromatic carbocycles. The first-order chi connectivity index (χ1) is 10.5. The molecule has 6 nitrogen and oxygen atoms in total. The van der Waals surface area contributed by atoms with Gasteiger partial charge in [0, 0.05) is 18.8 Å². The predicted octanol–water partition coefficient (Wildman–Crippen LogP) is 2.11. The molecule has 2 rings (SSSR count). The van der Waals surface area contributed by atoms with Gasteiger partial charge in [-0.25, -0.2) is 0 Å².